The molecular weight excluding hydrogens is 230 g/mol. The molecule has 0 fully saturated rings. The Balaban J connectivity index is 2.46. The van der Waals surface area contributed by atoms with Crippen molar-refractivity contribution in [3.05, 3.63) is 35.4 Å². The van der Waals surface area contributed by atoms with Gasteiger partial charge in [-0.3, -0.25) is 9.59 Å². The van der Waals surface area contributed by atoms with E-state index in [1.165, 1.54) is 0 Å². The standard InChI is InChI=1S/C14H19NO3/c15-9-3-1-2-4-13(16)12-7-5-11(6-8-12)10-14(17)18/h5-8H,1-4,9-10,15H2,(H,17,18). The third-order valence-electron chi connectivity index (χ3n) is 2.74. The summed E-state index contributed by atoms with van der Waals surface area (Å²) in [6.07, 6.45) is 3.29. The third kappa shape index (κ3) is 5.10. The summed E-state index contributed by atoms with van der Waals surface area (Å²) in [5, 5.41) is 8.63. The molecule has 0 spiro atoms. The van der Waals surface area contributed by atoms with Crippen molar-refractivity contribution in [1.82, 2.24) is 0 Å². The van der Waals surface area contributed by atoms with Gasteiger partial charge in [0, 0.05) is 12.0 Å². The number of unbranched alkanes of at least 4 members (excludes halogenated alkanes) is 2. The van der Waals surface area contributed by atoms with Crippen LogP contribution in [0.25, 0.3) is 0 Å². The summed E-state index contributed by atoms with van der Waals surface area (Å²) >= 11 is 0. The zero-order valence-electron chi connectivity index (χ0n) is 10.4. The van der Waals surface area contributed by atoms with E-state index in [1.54, 1.807) is 24.3 Å². The summed E-state index contributed by atoms with van der Waals surface area (Å²) in [5.41, 5.74) is 6.74. The van der Waals surface area contributed by atoms with Gasteiger partial charge in [-0.25, -0.2) is 0 Å². The maximum Gasteiger partial charge on any atom is 0.307 e. The summed E-state index contributed by atoms with van der Waals surface area (Å²) in [7, 11) is 0. The lowest BCUT2D eigenvalue weighted by molar-refractivity contribution is -0.136. The average molecular weight is 249 g/mol. The van der Waals surface area contributed by atoms with Crippen molar-refractivity contribution in [3.63, 3.8) is 0 Å². The lowest BCUT2D eigenvalue weighted by atomic mass is 10.0. The Morgan fingerprint density at radius 1 is 1.06 bits per heavy atom. The molecule has 0 aliphatic rings. The van der Waals surface area contributed by atoms with E-state index >= 15 is 0 Å². The topological polar surface area (TPSA) is 80.4 Å². The number of ketones is 1. The molecule has 0 amide bonds. The monoisotopic (exact) mass is 249 g/mol. The van der Waals surface area contributed by atoms with Gasteiger partial charge in [-0.2, -0.15) is 0 Å². The summed E-state index contributed by atoms with van der Waals surface area (Å²) in [4.78, 5) is 22.3. The Bertz CT molecular complexity index is 398. The Morgan fingerprint density at radius 3 is 2.28 bits per heavy atom. The van der Waals surface area contributed by atoms with Crippen molar-refractivity contribution < 1.29 is 14.7 Å². The first-order chi connectivity index (χ1) is 8.63. The van der Waals surface area contributed by atoms with Crippen molar-refractivity contribution in [3.8, 4) is 0 Å². The van der Waals surface area contributed by atoms with Gasteiger partial charge in [-0.05, 0) is 24.9 Å². The molecule has 0 aliphatic heterocycles. The smallest absolute Gasteiger partial charge is 0.307 e. The normalized spacial score (nSPS) is 10.3. The molecule has 0 unspecified atom stereocenters. The number of hydrogen-bond donors (Lipinski definition) is 2. The average Bonchev–Trinajstić information content (AvgIpc) is 2.34. The highest BCUT2D eigenvalue weighted by molar-refractivity contribution is 5.96. The minimum atomic E-state index is -0.865. The van der Waals surface area contributed by atoms with E-state index in [0.29, 0.717) is 24.1 Å². The zero-order valence-corrected chi connectivity index (χ0v) is 10.4. The largest absolute Gasteiger partial charge is 0.481 e. The molecule has 0 atom stereocenters. The van der Waals surface area contributed by atoms with Crippen LogP contribution in [0, 0.1) is 0 Å². The van der Waals surface area contributed by atoms with Crippen LogP contribution in [-0.2, 0) is 11.2 Å². The van der Waals surface area contributed by atoms with Gasteiger partial charge in [0.05, 0.1) is 6.42 Å². The number of nitrogens with two attached hydrogens (primary N) is 1. The number of carbonyl (C=O) groups is 2. The zero-order chi connectivity index (χ0) is 13.4. The number of carbonyl (C=O) groups excluding carboxylic acids is 1. The number of rotatable bonds is 8. The fourth-order valence-electron chi connectivity index (χ4n) is 1.73. The first kappa shape index (κ1) is 14.4. The van der Waals surface area contributed by atoms with Crippen LogP contribution < -0.4 is 5.73 Å². The molecule has 0 saturated heterocycles. The van der Waals surface area contributed by atoms with Crippen LogP contribution >= 0.6 is 0 Å². The van der Waals surface area contributed by atoms with Crippen LogP contribution in [0.5, 0.6) is 0 Å². The summed E-state index contributed by atoms with van der Waals surface area (Å²) in [6.45, 7) is 0.665. The second-order valence-electron chi connectivity index (χ2n) is 4.29. The number of aliphatic carboxylic acids is 1. The third-order valence-corrected chi connectivity index (χ3v) is 2.74. The van der Waals surface area contributed by atoms with E-state index < -0.39 is 5.97 Å². The van der Waals surface area contributed by atoms with Crippen molar-refractivity contribution in [2.45, 2.75) is 32.1 Å². The highest BCUT2D eigenvalue weighted by Crippen LogP contribution is 2.10. The molecule has 1 aromatic rings. The minimum Gasteiger partial charge on any atom is -0.481 e. The fraction of sp³-hybridized carbons (Fsp3) is 0.429. The first-order valence-electron chi connectivity index (χ1n) is 6.17. The highest BCUT2D eigenvalue weighted by Gasteiger charge is 2.06. The summed E-state index contributed by atoms with van der Waals surface area (Å²) in [5.74, 6) is -0.759. The van der Waals surface area contributed by atoms with Crippen LogP contribution in [0.2, 0.25) is 0 Å². The molecule has 0 aromatic heterocycles. The highest BCUT2D eigenvalue weighted by atomic mass is 16.4. The quantitative estimate of drug-likeness (QED) is 0.545. The van der Waals surface area contributed by atoms with Gasteiger partial charge >= 0.3 is 5.97 Å². The predicted octanol–water partition coefficient (Wildman–Crippen LogP) is 2.02. The Labute approximate surface area is 107 Å². The number of carboxylic acid groups (broad SMARTS) is 1. The Hall–Kier alpha value is -1.68. The Kier molecular flexibility index (Phi) is 6.08. The van der Waals surface area contributed by atoms with Gasteiger partial charge in [0.1, 0.15) is 0 Å². The fourth-order valence-corrected chi connectivity index (χ4v) is 1.73. The van der Waals surface area contributed by atoms with E-state index in [1.807, 2.05) is 0 Å². The second-order valence-corrected chi connectivity index (χ2v) is 4.29. The maximum atomic E-state index is 11.8. The van der Waals surface area contributed by atoms with Gasteiger partial charge in [0.25, 0.3) is 0 Å². The van der Waals surface area contributed by atoms with E-state index in [4.69, 9.17) is 10.8 Å². The van der Waals surface area contributed by atoms with Gasteiger partial charge < -0.3 is 10.8 Å². The van der Waals surface area contributed by atoms with Crippen LogP contribution in [0.15, 0.2) is 24.3 Å². The maximum absolute atomic E-state index is 11.8. The predicted molar refractivity (Wildman–Crippen MR) is 69.6 cm³/mol. The van der Waals surface area contributed by atoms with Gasteiger partial charge in [0.15, 0.2) is 5.78 Å². The minimum absolute atomic E-state index is 0.00896. The van der Waals surface area contributed by atoms with Crippen LogP contribution in [0.3, 0.4) is 0 Å². The number of Topliss-reactive ketones (excluding diaryl/α,β-unsaturated/α-hetero) is 1. The van der Waals surface area contributed by atoms with Gasteiger partial charge in [-0.1, -0.05) is 30.7 Å². The molecule has 0 heterocycles. The van der Waals surface area contributed by atoms with E-state index in [0.717, 1.165) is 19.3 Å². The van der Waals surface area contributed by atoms with Gasteiger partial charge in [0.2, 0.25) is 0 Å². The molecule has 18 heavy (non-hydrogen) atoms. The summed E-state index contributed by atoms with van der Waals surface area (Å²) in [6, 6.07) is 6.79. The molecule has 1 rings (SSSR count). The van der Waals surface area contributed by atoms with E-state index in [2.05, 4.69) is 0 Å². The van der Waals surface area contributed by atoms with Crippen LogP contribution in [0.4, 0.5) is 0 Å². The molecule has 0 saturated carbocycles. The molecule has 0 radical (unpaired) electrons. The molecule has 0 bridgehead atoms. The van der Waals surface area contributed by atoms with Crippen molar-refractivity contribution in [2.75, 3.05) is 6.54 Å². The molecule has 0 aliphatic carbocycles. The summed E-state index contributed by atoms with van der Waals surface area (Å²) < 4.78 is 0. The first-order valence-corrected chi connectivity index (χ1v) is 6.17. The van der Waals surface area contributed by atoms with Crippen LogP contribution in [0.1, 0.15) is 41.6 Å². The number of benzene rings is 1. The molecule has 4 heteroatoms. The van der Waals surface area contributed by atoms with E-state index in [-0.39, 0.29) is 12.2 Å². The van der Waals surface area contributed by atoms with Crippen molar-refractivity contribution in [2.24, 2.45) is 5.73 Å². The SMILES string of the molecule is NCCCCCC(=O)c1ccc(CC(=O)O)cc1. The molecule has 1 aromatic carbocycles. The number of hydrogen-bond acceptors (Lipinski definition) is 3. The van der Waals surface area contributed by atoms with Crippen molar-refractivity contribution in [1.29, 1.82) is 0 Å². The molecule has 98 valence electrons. The molecule has 4 nitrogen and oxygen atoms in total. The Morgan fingerprint density at radius 2 is 1.72 bits per heavy atom. The lowest BCUT2D eigenvalue weighted by Gasteiger charge is -2.02. The second kappa shape index (κ2) is 7.61. The molecular formula is C14H19NO3. The van der Waals surface area contributed by atoms with Crippen LogP contribution in [-0.4, -0.2) is 23.4 Å². The van der Waals surface area contributed by atoms with Crippen molar-refractivity contribution >= 4 is 11.8 Å². The number of carboxylic acids is 1. The lowest BCUT2D eigenvalue weighted by Crippen LogP contribution is -2.03. The van der Waals surface area contributed by atoms with E-state index in [9.17, 15) is 9.59 Å². The molecule has 3 N–H and O–H groups in total. The van der Waals surface area contributed by atoms with Gasteiger partial charge in [-0.15, -0.1) is 0 Å².